The van der Waals surface area contributed by atoms with Crippen LogP contribution in [0.3, 0.4) is 0 Å². The highest BCUT2D eigenvalue weighted by molar-refractivity contribution is 5.84. The third-order valence-corrected chi connectivity index (χ3v) is 2.95. The summed E-state index contributed by atoms with van der Waals surface area (Å²) < 4.78 is 31.0. The Labute approximate surface area is 107 Å². The number of carbonyl (C=O) groups is 1. The molecule has 0 N–H and O–H groups in total. The highest BCUT2D eigenvalue weighted by Crippen LogP contribution is 2.31. The van der Waals surface area contributed by atoms with E-state index in [1.807, 2.05) is 0 Å². The minimum absolute atomic E-state index is 0.0700. The molecule has 0 radical (unpaired) electrons. The normalized spacial score (nSPS) is 14.6. The molecular formula is C13H10F2N2O2. The summed E-state index contributed by atoms with van der Waals surface area (Å²) in [6, 6.07) is 2.99. The monoisotopic (exact) mass is 264 g/mol. The lowest BCUT2D eigenvalue weighted by Gasteiger charge is -1.95. The van der Waals surface area contributed by atoms with Gasteiger partial charge in [-0.05, 0) is 25.0 Å². The number of carbonyl (C=O) groups excluding carboxylic acids is 1. The van der Waals surface area contributed by atoms with Crippen molar-refractivity contribution in [1.29, 1.82) is 0 Å². The predicted octanol–water partition coefficient (Wildman–Crippen LogP) is 2.54. The molecule has 4 nitrogen and oxygen atoms in total. The van der Waals surface area contributed by atoms with Crippen molar-refractivity contribution in [2.45, 2.75) is 19.3 Å². The number of hydrogen-bond acceptors (Lipinski definition) is 4. The fourth-order valence-electron chi connectivity index (χ4n) is 1.83. The number of halogens is 2. The van der Waals surface area contributed by atoms with Gasteiger partial charge in [-0.15, -0.1) is 0 Å². The Morgan fingerprint density at radius 1 is 1.26 bits per heavy atom. The highest BCUT2D eigenvalue weighted by atomic mass is 19.1. The fourth-order valence-corrected chi connectivity index (χ4v) is 1.83. The zero-order chi connectivity index (χ0) is 13.4. The number of hydrogen-bond donors (Lipinski definition) is 0. The molecule has 0 bridgehead atoms. The molecule has 0 aliphatic heterocycles. The first-order chi connectivity index (χ1) is 9.11. The average molecular weight is 264 g/mol. The summed E-state index contributed by atoms with van der Waals surface area (Å²) in [4.78, 5) is 15.6. The molecule has 0 unspecified atom stereocenters. The van der Waals surface area contributed by atoms with E-state index in [1.54, 1.807) is 0 Å². The third-order valence-electron chi connectivity index (χ3n) is 2.95. The maximum atomic E-state index is 13.1. The molecule has 1 aromatic carbocycles. The van der Waals surface area contributed by atoms with Crippen LogP contribution in [-0.4, -0.2) is 15.9 Å². The Kier molecular flexibility index (Phi) is 2.85. The molecule has 98 valence electrons. The molecule has 1 heterocycles. The fraction of sp³-hybridized carbons (Fsp3) is 0.308. The lowest BCUT2D eigenvalue weighted by atomic mass is 10.2. The molecule has 1 aliphatic rings. The van der Waals surface area contributed by atoms with Gasteiger partial charge in [-0.25, -0.2) is 8.78 Å². The number of benzene rings is 1. The first kappa shape index (κ1) is 12.0. The van der Waals surface area contributed by atoms with E-state index in [9.17, 15) is 13.6 Å². The van der Waals surface area contributed by atoms with Gasteiger partial charge in [0.1, 0.15) is 17.4 Å². The number of rotatable bonds is 4. The van der Waals surface area contributed by atoms with Crippen LogP contribution in [0.2, 0.25) is 0 Å². The maximum Gasteiger partial charge on any atom is 0.234 e. The topological polar surface area (TPSA) is 56.0 Å². The van der Waals surface area contributed by atoms with Gasteiger partial charge in [-0.1, -0.05) is 5.16 Å². The van der Waals surface area contributed by atoms with Crippen molar-refractivity contribution >= 4 is 5.78 Å². The smallest absolute Gasteiger partial charge is 0.234 e. The number of aromatic nitrogens is 2. The van der Waals surface area contributed by atoms with E-state index in [4.69, 9.17) is 4.52 Å². The summed E-state index contributed by atoms with van der Waals surface area (Å²) in [6.07, 6.45) is 1.90. The van der Waals surface area contributed by atoms with Crippen LogP contribution in [0, 0.1) is 17.6 Å². The maximum absolute atomic E-state index is 13.1. The van der Waals surface area contributed by atoms with E-state index in [0.717, 1.165) is 31.0 Å². The van der Waals surface area contributed by atoms with Crippen molar-refractivity contribution in [3.63, 3.8) is 0 Å². The molecule has 6 heteroatoms. The summed E-state index contributed by atoms with van der Waals surface area (Å²) in [5, 5.41) is 3.63. The zero-order valence-corrected chi connectivity index (χ0v) is 9.90. The van der Waals surface area contributed by atoms with Crippen LogP contribution in [-0.2, 0) is 11.2 Å². The van der Waals surface area contributed by atoms with Crippen LogP contribution in [0.4, 0.5) is 8.78 Å². The average Bonchev–Trinajstić information content (AvgIpc) is 3.09. The summed E-state index contributed by atoms with van der Waals surface area (Å²) in [5.74, 6) is -0.984. The molecule has 1 aliphatic carbocycles. The lowest BCUT2D eigenvalue weighted by molar-refractivity contribution is -0.119. The number of Topliss-reactive ketones (excluding diaryl/α,β-unsaturated/α-hetero) is 1. The van der Waals surface area contributed by atoms with Crippen molar-refractivity contribution < 1.29 is 18.1 Å². The molecule has 1 saturated carbocycles. The second-order valence-electron chi connectivity index (χ2n) is 4.59. The van der Waals surface area contributed by atoms with Gasteiger partial charge in [0.2, 0.25) is 11.7 Å². The van der Waals surface area contributed by atoms with Crippen molar-refractivity contribution in [1.82, 2.24) is 10.1 Å². The summed E-state index contributed by atoms with van der Waals surface area (Å²) in [7, 11) is 0. The molecule has 19 heavy (non-hydrogen) atoms. The van der Waals surface area contributed by atoms with Gasteiger partial charge in [0.25, 0.3) is 0 Å². The van der Waals surface area contributed by atoms with Crippen molar-refractivity contribution in [2.24, 2.45) is 5.92 Å². The van der Waals surface area contributed by atoms with Gasteiger partial charge >= 0.3 is 0 Å². The minimum Gasteiger partial charge on any atom is -0.339 e. The molecule has 1 fully saturated rings. The first-order valence-corrected chi connectivity index (χ1v) is 5.93. The second-order valence-corrected chi connectivity index (χ2v) is 4.59. The Morgan fingerprint density at radius 3 is 2.58 bits per heavy atom. The first-order valence-electron chi connectivity index (χ1n) is 5.93. The van der Waals surface area contributed by atoms with E-state index >= 15 is 0 Å². The van der Waals surface area contributed by atoms with Crippen LogP contribution in [0.5, 0.6) is 0 Å². The molecule has 0 spiro atoms. The minimum atomic E-state index is -0.713. The predicted molar refractivity (Wildman–Crippen MR) is 61.1 cm³/mol. The van der Waals surface area contributed by atoms with Gasteiger partial charge in [-0.3, -0.25) is 4.79 Å². The quantitative estimate of drug-likeness (QED) is 0.851. The Hall–Kier alpha value is -2.11. The van der Waals surface area contributed by atoms with Gasteiger partial charge in [-0.2, -0.15) is 4.98 Å². The van der Waals surface area contributed by atoms with E-state index < -0.39 is 11.6 Å². The standard InChI is InChI=1S/C13H10F2N2O2/c14-9-3-8(4-10(15)5-9)13-16-12(19-17-13)6-11(18)7-1-2-7/h3-5,7H,1-2,6H2. The zero-order valence-electron chi connectivity index (χ0n) is 9.90. The van der Waals surface area contributed by atoms with E-state index in [1.165, 1.54) is 0 Å². The number of nitrogens with zero attached hydrogens (tertiary/aromatic N) is 2. The van der Waals surface area contributed by atoms with Crippen LogP contribution < -0.4 is 0 Å². The van der Waals surface area contributed by atoms with E-state index in [2.05, 4.69) is 10.1 Å². The molecule has 3 rings (SSSR count). The van der Waals surface area contributed by atoms with Gasteiger partial charge in [0, 0.05) is 17.5 Å². The Bertz CT molecular complexity index is 615. The SMILES string of the molecule is O=C(Cc1nc(-c2cc(F)cc(F)c2)no1)C1CC1. The van der Waals surface area contributed by atoms with Gasteiger partial charge < -0.3 is 4.52 Å². The summed E-state index contributed by atoms with van der Waals surface area (Å²) >= 11 is 0. The third kappa shape index (κ3) is 2.67. The van der Waals surface area contributed by atoms with Gasteiger partial charge in [0.15, 0.2) is 0 Å². The summed E-state index contributed by atoms with van der Waals surface area (Å²) in [5.41, 5.74) is 0.186. The largest absolute Gasteiger partial charge is 0.339 e. The Balaban J connectivity index is 1.81. The van der Waals surface area contributed by atoms with Crippen LogP contribution in [0.1, 0.15) is 18.7 Å². The van der Waals surface area contributed by atoms with Crippen LogP contribution in [0.25, 0.3) is 11.4 Å². The molecule has 2 aromatic rings. The highest BCUT2D eigenvalue weighted by Gasteiger charge is 2.30. The molecular weight excluding hydrogens is 254 g/mol. The molecule has 0 amide bonds. The van der Waals surface area contributed by atoms with Crippen molar-refractivity contribution in [3.05, 3.63) is 35.7 Å². The second kappa shape index (κ2) is 4.53. The van der Waals surface area contributed by atoms with Crippen LogP contribution >= 0.6 is 0 Å². The van der Waals surface area contributed by atoms with Gasteiger partial charge in [0.05, 0.1) is 6.42 Å². The van der Waals surface area contributed by atoms with Crippen molar-refractivity contribution in [3.8, 4) is 11.4 Å². The van der Waals surface area contributed by atoms with E-state index in [-0.39, 0.29) is 35.4 Å². The number of ketones is 1. The van der Waals surface area contributed by atoms with E-state index in [0.29, 0.717) is 0 Å². The lowest BCUT2D eigenvalue weighted by Crippen LogP contribution is -2.04. The Morgan fingerprint density at radius 2 is 1.95 bits per heavy atom. The molecule has 0 saturated heterocycles. The summed E-state index contributed by atoms with van der Waals surface area (Å²) in [6.45, 7) is 0. The van der Waals surface area contributed by atoms with Crippen LogP contribution in [0.15, 0.2) is 22.7 Å². The molecule has 1 aromatic heterocycles. The molecule has 0 atom stereocenters. The van der Waals surface area contributed by atoms with Crippen molar-refractivity contribution in [2.75, 3.05) is 0 Å².